The second kappa shape index (κ2) is 4.65. The predicted octanol–water partition coefficient (Wildman–Crippen LogP) is 1.31. The van der Waals surface area contributed by atoms with Gasteiger partial charge in [0.15, 0.2) is 11.5 Å². The molecule has 2 N–H and O–H groups in total. The summed E-state index contributed by atoms with van der Waals surface area (Å²) in [5.41, 5.74) is 1.18. The van der Waals surface area contributed by atoms with Gasteiger partial charge in [-0.1, -0.05) is 0 Å². The van der Waals surface area contributed by atoms with Crippen LogP contribution in [0.5, 0.6) is 0 Å². The van der Waals surface area contributed by atoms with E-state index < -0.39 is 5.97 Å². The zero-order valence-corrected chi connectivity index (χ0v) is 10.8. The standard InChI is InChI=1S/C11H12ClN5O2/c12-11-15-8-7(13-5-14-8)9(16-11)17-3-1-2-6(4-17)10(18)19/h5-6H,1-4H2,(H,18,19)(H,13,14,15,16)/t6-/m1/s1. The van der Waals surface area contributed by atoms with Crippen LogP contribution >= 0.6 is 11.6 Å². The van der Waals surface area contributed by atoms with Crippen molar-refractivity contribution in [2.24, 2.45) is 5.92 Å². The van der Waals surface area contributed by atoms with Gasteiger partial charge in [0.05, 0.1) is 12.2 Å². The molecule has 3 heterocycles. The number of nitrogens with one attached hydrogen (secondary N) is 1. The minimum Gasteiger partial charge on any atom is -0.481 e. The van der Waals surface area contributed by atoms with Gasteiger partial charge in [-0.25, -0.2) is 4.98 Å². The molecule has 7 nitrogen and oxygen atoms in total. The summed E-state index contributed by atoms with van der Waals surface area (Å²) in [6, 6.07) is 0. The molecule has 1 atom stereocenters. The number of halogens is 1. The fourth-order valence-electron chi connectivity index (χ4n) is 2.39. The van der Waals surface area contributed by atoms with Crippen molar-refractivity contribution in [2.75, 3.05) is 18.0 Å². The van der Waals surface area contributed by atoms with E-state index in [2.05, 4.69) is 19.9 Å². The summed E-state index contributed by atoms with van der Waals surface area (Å²) in [6.45, 7) is 1.18. The zero-order valence-electron chi connectivity index (χ0n) is 10.0. The molecule has 0 unspecified atom stereocenters. The van der Waals surface area contributed by atoms with Crippen molar-refractivity contribution in [3.8, 4) is 0 Å². The molecular weight excluding hydrogens is 270 g/mol. The van der Waals surface area contributed by atoms with Crippen molar-refractivity contribution in [2.45, 2.75) is 12.8 Å². The van der Waals surface area contributed by atoms with Gasteiger partial charge >= 0.3 is 5.97 Å². The largest absolute Gasteiger partial charge is 0.481 e. The summed E-state index contributed by atoms with van der Waals surface area (Å²) in [5, 5.41) is 9.24. The average Bonchev–Trinajstić information content (AvgIpc) is 2.85. The highest BCUT2D eigenvalue weighted by Gasteiger charge is 2.27. The third kappa shape index (κ3) is 2.21. The number of aliphatic carboxylic acids is 1. The van der Waals surface area contributed by atoms with Gasteiger partial charge in [-0.2, -0.15) is 9.97 Å². The third-order valence-electron chi connectivity index (χ3n) is 3.31. The molecule has 0 amide bonds. The lowest BCUT2D eigenvalue weighted by molar-refractivity contribution is -0.141. The van der Waals surface area contributed by atoms with Crippen molar-refractivity contribution >= 4 is 34.6 Å². The maximum absolute atomic E-state index is 11.1. The molecule has 1 aliphatic rings. The molecule has 19 heavy (non-hydrogen) atoms. The molecule has 1 saturated heterocycles. The number of carboxylic acids is 1. The maximum atomic E-state index is 11.1. The number of hydrogen-bond acceptors (Lipinski definition) is 5. The first kappa shape index (κ1) is 12.2. The molecular formula is C11H12ClN5O2. The quantitative estimate of drug-likeness (QED) is 0.806. The molecule has 0 bridgehead atoms. The van der Waals surface area contributed by atoms with Gasteiger partial charge in [-0.15, -0.1) is 0 Å². The molecule has 1 fully saturated rings. The summed E-state index contributed by atoms with van der Waals surface area (Å²) < 4.78 is 0. The lowest BCUT2D eigenvalue weighted by atomic mass is 9.98. The van der Waals surface area contributed by atoms with Crippen LogP contribution in [0.15, 0.2) is 6.33 Å². The molecule has 2 aromatic heterocycles. The van der Waals surface area contributed by atoms with Gasteiger partial charge in [0.1, 0.15) is 5.52 Å². The van der Waals surface area contributed by atoms with Crippen molar-refractivity contribution in [3.05, 3.63) is 11.6 Å². The van der Waals surface area contributed by atoms with Crippen LogP contribution in [0.4, 0.5) is 5.82 Å². The molecule has 0 radical (unpaired) electrons. The lowest BCUT2D eigenvalue weighted by Gasteiger charge is -2.31. The minimum atomic E-state index is -0.772. The number of fused-ring (bicyclic) bond motifs is 1. The monoisotopic (exact) mass is 281 g/mol. The predicted molar refractivity (Wildman–Crippen MR) is 69.3 cm³/mol. The van der Waals surface area contributed by atoms with Gasteiger partial charge < -0.3 is 15.0 Å². The Labute approximate surface area is 113 Å². The zero-order chi connectivity index (χ0) is 13.4. The van der Waals surface area contributed by atoms with Crippen LogP contribution in [0.2, 0.25) is 5.28 Å². The van der Waals surface area contributed by atoms with Crippen LogP contribution < -0.4 is 4.90 Å². The summed E-state index contributed by atoms with van der Waals surface area (Å²) in [5.74, 6) is -0.524. The Bertz CT molecular complexity index is 629. The van der Waals surface area contributed by atoms with Gasteiger partial charge in [-0.05, 0) is 24.4 Å². The number of nitrogens with zero attached hydrogens (tertiary/aromatic N) is 4. The Balaban J connectivity index is 1.99. The highest BCUT2D eigenvalue weighted by atomic mass is 35.5. The number of carbonyl (C=O) groups is 1. The normalized spacial score (nSPS) is 19.8. The second-order valence-electron chi connectivity index (χ2n) is 4.54. The van der Waals surface area contributed by atoms with Crippen molar-refractivity contribution in [3.63, 3.8) is 0 Å². The molecule has 1 aliphatic heterocycles. The summed E-state index contributed by atoms with van der Waals surface area (Å²) >= 11 is 5.88. The number of rotatable bonds is 2. The Kier molecular flexibility index (Phi) is 2.98. The molecule has 2 aromatic rings. The van der Waals surface area contributed by atoms with E-state index in [0.29, 0.717) is 29.9 Å². The number of hydrogen-bond donors (Lipinski definition) is 2. The second-order valence-corrected chi connectivity index (χ2v) is 4.88. The third-order valence-corrected chi connectivity index (χ3v) is 3.48. The number of anilines is 1. The van der Waals surface area contributed by atoms with E-state index in [-0.39, 0.29) is 11.2 Å². The molecule has 0 spiro atoms. The van der Waals surface area contributed by atoms with Gasteiger partial charge in [0.25, 0.3) is 0 Å². The summed E-state index contributed by atoms with van der Waals surface area (Å²) in [6.07, 6.45) is 3.03. The topological polar surface area (TPSA) is 95.0 Å². The van der Waals surface area contributed by atoms with Crippen molar-refractivity contribution in [1.82, 2.24) is 19.9 Å². The molecule has 0 saturated carbocycles. The van der Waals surface area contributed by atoms with Gasteiger partial charge in [-0.3, -0.25) is 4.79 Å². The van der Waals surface area contributed by atoms with E-state index >= 15 is 0 Å². The Morgan fingerprint density at radius 1 is 1.53 bits per heavy atom. The Hall–Kier alpha value is -1.89. The van der Waals surface area contributed by atoms with Crippen LogP contribution in [-0.2, 0) is 4.79 Å². The van der Waals surface area contributed by atoms with Gasteiger partial charge in [0, 0.05) is 13.1 Å². The van der Waals surface area contributed by atoms with E-state index in [1.807, 2.05) is 4.90 Å². The molecule has 3 rings (SSSR count). The van der Waals surface area contributed by atoms with E-state index in [9.17, 15) is 4.79 Å². The Morgan fingerprint density at radius 2 is 2.37 bits per heavy atom. The minimum absolute atomic E-state index is 0.118. The molecule has 0 aromatic carbocycles. The molecule has 8 heteroatoms. The SMILES string of the molecule is O=C(O)[C@@H]1CCCN(c2nc(Cl)nc3nc[nH]c23)C1. The smallest absolute Gasteiger partial charge is 0.308 e. The van der Waals surface area contributed by atoms with Gasteiger partial charge in [0.2, 0.25) is 5.28 Å². The highest BCUT2D eigenvalue weighted by molar-refractivity contribution is 6.28. The first-order chi connectivity index (χ1) is 9.15. The number of H-pyrrole nitrogens is 1. The first-order valence-electron chi connectivity index (χ1n) is 5.99. The van der Waals surface area contributed by atoms with Crippen LogP contribution in [0.3, 0.4) is 0 Å². The fourth-order valence-corrected chi connectivity index (χ4v) is 2.55. The van der Waals surface area contributed by atoms with Crippen LogP contribution in [0, 0.1) is 5.92 Å². The summed E-state index contributed by atoms with van der Waals surface area (Å²) in [4.78, 5) is 28.3. The van der Waals surface area contributed by atoms with Crippen molar-refractivity contribution < 1.29 is 9.90 Å². The lowest BCUT2D eigenvalue weighted by Crippen LogP contribution is -2.39. The van der Waals surface area contributed by atoms with E-state index in [1.165, 1.54) is 6.33 Å². The number of piperidine rings is 1. The summed E-state index contributed by atoms with van der Waals surface area (Å²) in [7, 11) is 0. The first-order valence-corrected chi connectivity index (χ1v) is 6.37. The maximum Gasteiger partial charge on any atom is 0.308 e. The molecule has 0 aliphatic carbocycles. The van der Waals surface area contributed by atoms with E-state index in [4.69, 9.17) is 16.7 Å². The highest BCUT2D eigenvalue weighted by Crippen LogP contribution is 2.27. The molecule has 100 valence electrons. The average molecular weight is 282 g/mol. The number of imidazole rings is 1. The van der Waals surface area contributed by atoms with Crippen LogP contribution in [0.25, 0.3) is 11.2 Å². The number of carboxylic acid groups (broad SMARTS) is 1. The fraction of sp³-hybridized carbons (Fsp3) is 0.455. The van der Waals surface area contributed by atoms with Crippen molar-refractivity contribution in [1.29, 1.82) is 0 Å². The number of aromatic amines is 1. The van der Waals surface area contributed by atoms with Crippen LogP contribution in [-0.4, -0.2) is 44.1 Å². The van der Waals surface area contributed by atoms with E-state index in [1.54, 1.807) is 0 Å². The van der Waals surface area contributed by atoms with Crippen LogP contribution in [0.1, 0.15) is 12.8 Å². The Morgan fingerprint density at radius 3 is 3.16 bits per heavy atom. The van der Waals surface area contributed by atoms with E-state index in [0.717, 1.165) is 13.0 Å². The number of aromatic nitrogens is 4.